The van der Waals surface area contributed by atoms with Gasteiger partial charge in [-0.05, 0) is 23.2 Å². The third-order valence-electron chi connectivity index (χ3n) is 1.61. The number of esters is 1. The molecule has 0 aromatic heterocycles. The fourth-order valence-electron chi connectivity index (χ4n) is 0.923. The van der Waals surface area contributed by atoms with Crippen LogP contribution in [-0.2, 0) is 15.8 Å². The predicted octanol–water partition coefficient (Wildman–Crippen LogP) is -1.49. The van der Waals surface area contributed by atoms with E-state index in [0.29, 0.717) is 0 Å². The van der Waals surface area contributed by atoms with E-state index in [0.717, 1.165) is 19.2 Å². The van der Waals surface area contributed by atoms with Crippen LogP contribution in [0.3, 0.4) is 0 Å². The molecule has 0 saturated heterocycles. The molecule has 1 aromatic carbocycles. The molecule has 0 heterocycles. The molecule has 0 saturated carbocycles. The van der Waals surface area contributed by atoms with Crippen LogP contribution in [0.2, 0.25) is 5.02 Å². The van der Waals surface area contributed by atoms with Crippen LogP contribution in [-0.4, -0.2) is 21.8 Å². The molecular formula is C8H5ClFNaO4S. The Hall–Kier alpha value is 0.0200. The fourth-order valence-corrected chi connectivity index (χ4v) is 1.69. The van der Waals surface area contributed by atoms with Crippen LogP contribution in [0.4, 0.5) is 4.39 Å². The second-order valence-corrected chi connectivity index (χ2v) is 3.81. The third kappa shape index (κ3) is 3.51. The van der Waals surface area contributed by atoms with Gasteiger partial charge in [0, 0.05) is 4.90 Å². The molecule has 0 aliphatic heterocycles. The molecule has 0 spiro atoms. The summed E-state index contributed by atoms with van der Waals surface area (Å²) in [6.07, 6.45) is 0. The van der Waals surface area contributed by atoms with E-state index in [1.807, 2.05) is 0 Å². The van der Waals surface area contributed by atoms with Crippen molar-refractivity contribution in [3.63, 3.8) is 0 Å². The second-order valence-electron chi connectivity index (χ2n) is 2.49. The molecule has 82 valence electrons. The van der Waals surface area contributed by atoms with Gasteiger partial charge in [-0.2, -0.15) is 0 Å². The van der Waals surface area contributed by atoms with Crippen molar-refractivity contribution >= 4 is 28.7 Å². The average Bonchev–Trinajstić information content (AvgIpc) is 2.16. The van der Waals surface area contributed by atoms with Crippen molar-refractivity contribution in [2.75, 3.05) is 7.11 Å². The van der Waals surface area contributed by atoms with E-state index in [2.05, 4.69) is 4.74 Å². The van der Waals surface area contributed by atoms with Crippen molar-refractivity contribution in [1.29, 1.82) is 0 Å². The molecule has 0 radical (unpaired) electrons. The number of hydrogen-bond acceptors (Lipinski definition) is 4. The number of rotatable bonds is 2. The smallest absolute Gasteiger partial charge is 0.768 e. The van der Waals surface area contributed by atoms with Crippen LogP contribution in [0.15, 0.2) is 17.0 Å². The van der Waals surface area contributed by atoms with Gasteiger partial charge in [0.2, 0.25) is 0 Å². The SMILES string of the molecule is COC(=O)c1cc(S(=O)[O-])c(Cl)cc1F.[Na+]. The van der Waals surface area contributed by atoms with E-state index in [-0.39, 0.29) is 39.5 Å². The van der Waals surface area contributed by atoms with E-state index in [9.17, 15) is 17.9 Å². The minimum absolute atomic E-state index is 0. The first-order valence-electron chi connectivity index (χ1n) is 3.64. The van der Waals surface area contributed by atoms with Crippen LogP contribution in [0.25, 0.3) is 0 Å². The molecule has 4 nitrogen and oxygen atoms in total. The monoisotopic (exact) mass is 274 g/mol. The maximum atomic E-state index is 13.1. The Morgan fingerprint density at radius 1 is 1.56 bits per heavy atom. The Labute approximate surface area is 121 Å². The molecule has 0 amide bonds. The molecule has 0 N–H and O–H groups in total. The zero-order chi connectivity index (χ0) is 11.6. The summed E-state index contributed by atoms with van der Waals surface area (Å²) >= 11 is 2.83. The molecule has 1 aromatic rings. The number of carbonyl (C=O) groups is 1. The first kappa shape index (κ1) is 16.0. The number of benzene rings is 1. The van der Waals surface area contributed by atoms with Gasteiger partial charge in [0.1, 0.15) is 5.82 Å². The Kier molecular flexibility index (Phi) is 6.69. The summed E-state index contributed by atoms with van der Waals surface area (Å²) in [7, 11) is 1.06. The van der Waals surface area contributed by atoms with E-state index in [1.54, 1.807) is 0 Å². The van der Waals surface area contributed by atoms with E-state index in [4.69, 9.17) is 11.6 Å². The fraction of sp³-hybridized carbons (Fsp3) is 0.125. The van der Waals surface area contributed by atoms with Gasteiger partial charge in [0.15, 0.2) is 0 Å². The molecule has 8 heteroatoms. The molecule has 1 atom stereocenters. The second kappa shape index (κ2) is 6.68. The van der Waals surface area contributed by atoms with Gasteiger partial charge in [0.05, 0.1) is 17.7 Å². The van der Waals surface area contributed by atoms with Gasteiger partial charge in [-0.25, -0.2) is 9.18 Å². The first-order chi connectivity index (χ1) is 6.97. The molecule has 0 bridgehead atoms. The Bertz CT molecular complexity index is 440. The molecular weight excluding hydrogens is 270 g/mol. The maximum Gasteiger partial charge on any atom is 1.00 e. The predicted molar refractivity (Wildman–Crippen MR) is 49.9 cm³/mol. The van der Waals surface area contributed by atoms with Crippen LogP contribution < -0.4 is 29.6 Å². The zero-order valence-corrected chi connectivity index (χ0v) is 12.0. The Morgan fingerprint density at radius 2 is 2.12 bits per heavy atom. The van der Waals surface area contributed by atoms with E-state index >= 15 is 0 Å². The van der Waals surface area contributed by atoms with Crippen molar-refractivity contribution in [1.82, 2.24) is 0 Å². The van der Waals surface area contributed by atoms with Crippen LogP contribution in [0, 0.1) is 5.82 Å². The number of ether oxygens (including phenoxy) is 1. The van der Waals surface area contributed by atoms with Gasteiger partial charge in [-0.3, -0.25) is 4.21 Å². The van der Waals surface area contributed by atoms with Crippen LogP contribution in [0.1, 0.15) is 10.4 Å². The topological polar surface area (TPSA) is 66.4 Å². The van der Waals surface area contributed by atoms with Crippen molar-refractivity contribution in [3.8, 4) is 0 Å². The van der Waals surface area contributed by atoms with Crippen molar-refractivity contribution in [3.05, 3.63) is 28.5 Å². The van der Waals surface area contributed by atoms with Crippen molar-refractivity contribution < 1.29 is 52.2 Å². The first-order valence-corrected chi connectivity index (χ1v) is 5.09. The number of halogens is 2. The van der Waals surface area contributed by atoms with Crippen LogP contribution in [0.5, 0.6) is 0 Å². The zero-order valence-electron chi connectivity index (χ0n) is 8.45. The quantitative estimate of drug-likeness (QED) is 0.374. The summed E-state index contributed by atoms with van der Waals surface area (Å²) in [5.74, 6) is -1.89. The van der Waals surface area contributed by atoms with Gasteiger partial charge in [0.25, 0.3) is 0 Å². The average molecular weight is 275 g/mol. The van der Waals surface area contributed by atoms with Crippen molar-refractivity contribution in [2.45, 2.75) is 4.90 Å². The summed E-state index contributed by atoms with van der Waals surface area (Å²) in [4.78, 5) is 10.7. The molecule has 1 rings (SSSR count). The number of methoxy groups -OCH3 is 1. The summed E-state index contributed by atoms with van der Waals surface area (Å²) in [6.45, 7) is 0. The van der Waals surface area contributed by atoms with Crippen molar-refractivity contribution in [2.24, 2.45) is 0 Å². The molecule has 0 aliphatic rings. The standard InChI is InChI=1S/C8H6ClFO4S.Na/c1-14-8(11)4-2-7(15(12)13)5(9)3-6(4)10;/h2-3H,1H3,(H,12,13);/q;+1/p-1. The summed E-state index contributed by atoms with van der Waals surface area (Å²) < 4.78 is 38.7. The van der Waals surface area contributed by atoms with Gasteiger partial charge < -0.3 is 9.29 Å². The molecule has 0 fully saturated rings. The summed E-state index contributed by atoms with van der Waals surface area (Å²) in [6, 6.07) is 1.57. The number of carbonyl (C=O) groups excluding carboxylic acids is 1. The summed E-state index contributed by atoms with van der Waals surface area (Å²) in [5.41, 5.74) is -0.471. The van der Waals surface area contributed by atoms with Gasteiger partial charge in [-0.15, -0.1) is 0 Å². The number of hydrogen-bond donors (Lipinski definition) is 0. The largest absolute Gasteiger partial charge is 1.00 e. The van der Waals surface area contributed by atoms with Crippen LogP contribution >= 0.6 is 11.6 Å². The molecule has 16 heavy (non-hydrogen) atoms. The summed E-state index contributed by atoms with van der Waals surface area (Å²) in [5, 5.41) is -0.284. The Balaban J connectivity index is 0.00000225. The molecule has 0 aliphatic carbocycles. The minimum Gasteiger partial charge on any atom is -0.768 e. The minimum atomic E-state index is -2.63. The normalized spacial score (nSPS) is 11.5. The van der Waals surface area contributed by atoms with Gasteiger partial charge in [-0.1, -0.05) is 11.6 Å². The Morgan fingerprint density at radius 3 is 2.56 bits per heavy atom. The van der Waals surface area contributed by atoms with Gasteiger partial charge >= 0.3 is 35.5 Å². The molecule has 1 unspecified atom stereocenters. The van der Waals surface area contributed by atoms with E-state index in [1.165, 1.54) is 0 Å². The maximum absolute atomic E-state index is 13.1. The third-order valence-corrected chi connectivity index (χ3v) is 2.73. The van der Waals surface area contributed by atoms with E-state index < -0.39 is 28.4 Å².